The predicted molar refractivity (Wildman–Crippen MR) is 64.9 cm³/mol. The van der Waals surface area contributed by atoms with E-state index in [9.17, 15) is 0 Å². The topological polar surface area (TPSA) is 64.3 Å². The van der Waals surface area contributed by atoms with E-state index in [4.69, 9.17) is 10.5 Å². The highest BCUT2D eigenvalue weighted by molar-refractivity contribution is 5.35. The Hall–Kier alpha value is -1.36. The third kappa shape index (κ3) is 3.06. The van der Waals surface area contributed by atoms with Crippen molar-refractivity contribution in [1.82, 2.24) is 9.97 Å². The summed E-state index contributed by atoms with van der Waals surface area (Å²) < 4.78 is 5.13. The molecule has 0 spiro atoms. The van der Waals surface area contributed by atoms with E-state index in [0.717, 1.165) is 12.2 Å². The maximum absolute atomic E-state index is 5.58. The van der Waals surface area contributed by atoms with Crippen LogP contribution < -0.4 is 15.4 Å². The van der Waals surface area contributed by atoms with Crippen LogP contribution in [0.15, 0.2) is 6.07 Å². The molecule has 0 saturated carbocycles. The summed E-state index contributed by atoms with van der Waals surface area (Å²) in [6.45, 7) is 7.43. The standard InChI is InChI=1S/C11H20N4O/c1-8(2)15(6-5-12)11-13-9(3)7-10(14-11)16-4/h7-8H,5-6,12H2,1-4H3. The number of ether oxygens (including phenoxy) is 1. The van der Waals surface area contributed by atoms with Gasteiger partial charge in [0, 0.05) is 30.9 Å². The Morgan fingerprint density at radius 3 is 2.62 bits per heavy atom. The second-order valence-electron chi connectivity index (χ2n) is 3.93. The number of nitrogens with zero attached hydrogens (tertiary/aromatic N) is 3. The number of nitrogens with two attached hydrogens (primary N) is 1. The quantitative estimate of drug-likeness (QED) is 0.807. The third-order valence-corrected chi connectivity index (χ3v) is 2.28. The molecule has 0 bridgehead atoms. The van der Waals surface area contributed by atoms with E-state index in [1.54, 1.807) is 7.11 Å². The van der Waals surface area contributed by atoms with Crippen molar-refractivity contribution in [1.29, 1.82) is 0 Å². The van der Waals surface area contributed by atoms with E-state index in [2.05, 4.69) is 28.7 Å². The minimum absolute atomic E-state index is 0.315. The summed E-state index contributed by atoms with van der Waals surface area (Å²) in [5, 5.41) is 0. The molecule has 0 fully saturated rings. The Kier molecular flexibility index (Phi) is 4.49. The number of aromatic nitrogens is 2. The average molecular weight is 224 g/mol. The van der Waals surface area contributed by atoms with E-state index in [0.29, 0.717) is 24.4 Å². The van der Waals surface area contributed by atoms with E-state index in [1.807, 2.05) is 13.0 Å². The summed E-state index contributed by atoms with van der Waals surface area (Å²) in [4.78, 5) is 10.8. The molecule has 1 aromatic heterocycles. The van der Waals surface area contributed by atoms with Gasteiger partial charge in [0.15, 0.2) is 0 Å². The fraction of sp³-hybridized carbons (Fsp3) is 0.636. The van der Waals surface area contributed by atoms with Crippen molar-refractivity contribution >= 4 is 5.95 Å². The molecule has 16 heavy (non-hydrogen) atoms. The first kappa shape index (κ1) is 12.7. The molecule has 0 aliphatic heterocycles. The second kappa shape index (κ2) is 5.65. The van der Waals surface area contributed by atoms with Crippen LogP contribution in [0.1, 0.15) is 19.5 Å². The number of rotatable bonds is 5. The van der Waals surface area contributed by atoms with Crippen molar-refractivity contribution < 1.29 is 4.74 Å². The summed E-state index contributed by atoms with van der Waals surface area (Å²) in [6, 6.07) is 2.12. The first-order chi connectivity index (χ1) is 7.58. The molecule has 5 nitrogen and oxygen atoms in total. The lowest BCUT2D eigenvalue weighted by atomic mass is 10.3. The zero-order valence-electron chi connectivity index (χ0n) is 10.4. The maximum atomic E-state index is 5.58. The summed E-state index contributed by atoms with van der Waals surface area (Å²) in [5.41, 5.74) is 6.48. The van der Waals surface area contributed by atoms with Gasteiger partial charge in [0.05, 0.1) is 7.11 Å². The normalized spacial score (nSPS) is 10.6. The van der Waals surface area contributed by atoms with E-state index in [-0.39, 0.29) is 0 Å². The Morgan fingerprint density at radius 2 is 2.12 bits per heavy atom. The summed E-state index contributed by atoms with van der Waals surface area (Å²) in [7, 11) is 1.61. The van der Waals surface area contributed by atoms with Crippen LogP contribution in [0, 0.1) is 6.92 Å². The molecule has 0 amide bonds. The molecule has 1 heterocycles. The van der Waals surface area contributed by atoms with Crippen molar-refractivity contribution in [2.24, 2.45) is 5.73 Å². The van der Waals surface area contributed by atoms with Crippen molar-refractivity contribution in [3.8, 4) is 5.88 Å². The molecule has 0 atom stereocenters. The van der Waals surface area contributed by atoms with Crippen LogP contribution in [0.25, 0.3) is 0 Å². The van der Waals surface area contributed by atoms with Gasteiger partial charge in [-0.2, -0.15) is 4.98 Å². The van der Waals surface area contributed by atoms with Crippen LogP contribution in [0.4, 0.5) is 5.95 Å². The Balaban J connectivity index is 3.03. The van der Waals surface area contributed by atoms with Gasteiger partial charge < -0.3 is 15.4 Å². The molecule has 2 N–H and O–H groups in total. The van der Waals surface area contributed by atoms with E-state index < -0.39 is 0 Å². The molecule has 0 radical (unpaired) electrons. The smallest absolute Gasteiger partial charge is 0.229 e. The fourth-order valence-electron chi connectivity index (χ4n) is 1.49. The maximum Gasteiger partial charge on any atom is 0.229 e. The Labute approximate surface area is 96.6 Å². The minimum atomic E-state index is 0.315. The van der Waals surface area contributed by atoms with Crippen molar-refractivity contribution in [3.63, 3.8) is 0 Å². The minimum Gasteiger partial charge on any atom is -0.481 e. The van der Waals surface area contributed by atoms with Gasteiger partial charge in [-0.1, -0.05) is 0 Å². The third-order valence-electron chi connectivity index (χ3n) is 2.28. The van der Waals surface area contributed by atoms with Gasteiger partial charge in [-0.05, 0) is 20.8 Å². The van der Waals surface area contributed by atoms with Crippen molar-refractivity contribution in [2.75, 3.05) is 25.1 Å². The van der Waals surface area contributed by atoms with Crippen LogP contribution in [-0.2, 0) is 0 Å². The van der Waals surface area contributed by atoms with Gasteiger partial charge in [-0.3, -0.25) is 0 Å². The lowest BCUT2D eigenvalue weighted by molar-refractivity contribution is 0.395. The van der Waals surface area contributed by atoms with Gasteiger partial charge in [-0.25, -0.2) is 4.98 Å². The molecule has 1 rings (SSSR count). The van der Waals surface area contributed by atoms with Crippen LogP contribution in [-0.4, -0.2) is 36.2 Å². The van der Waals surface area contributed by atoms with Gasteiger partial charge in [-0.15, -0.1) is 0 Å². The number of methoxy groups -OCH3 is 1. The molecule has 0 unspecified atom stereocenters. The number of anilines is 1. The lowest BCUT2D eigenvalue weighted by Gasteiger charge is -2.26. The number of hydrogen-bond donors (Lipinski definition) is 1. The van der Waals surface area contributed by atoms with E-state index in [1.165, 1.54) is 0 Å². The largest absolute Gasteiger partial charge is 0.481 e. The lowest BCUT2D eigenvalue weighted by Crippen LogP contribution is -2.36. The number of hydrogen-bond acceptors (Lipinski definition) is 5. The SMILES string of the molecule is COc1cc(C)nc(N(CCN)C(C)C)n1. The van der Waals surface area contributed by atoms with Gasteiger partial charge in [0.25, 0.3) is 0 Å². The molecule has 0 aromatic carbocycles. The second-order valence-corrected chi connectivity index (χ2v) is 3.93. The first-order valence-corrected chi connectivity index (χ1v) is 5.45. The van der Waals surface area contributed by atoms with Crippen molar-refractivity contribution in [3.05, 3.63) is 11.8 Å². The Bertz CT molecular complexity index is 341. The molecule has 0 aliphatic rings. The van der Waals surface area contributed by atoms with Crippen molar-refractivity contribution in [2.45, 2.75) is 26.8 Å². The highest BCUT2D eigenvalue weighted by Crippen LogP contribution is 2.16. The zero-order chi connectivity index (χ0) is 12.1. The van der Waals surface area contributed by atoms with Crippen LogP contribution in [0.2, 0.25) is 0 Å². The molecular formula is C11H20N4O. The number of aryl methyl sites for hydroxylation is 1. The zero-order valence-corrected chi connectivity index (χ0v) is 10.4. The predicted octanol–water partition coefficient (Wildman–Crippen LogP) is 0.967. The van der Waals surface area contributed by atoms with Crippen LogP contribution in [0.5, 0.6) is 5.88 Å². The van der Waals surface area contributed by atoms with E-state index >= 15 is 0 Å². The highest BCUT2D eigenvalue weighted by atomic mass is 16.5. The van der Waals surface area contributed by atoms with Gasteiger partial charge >= 0.3 is 0 Å². The van der Waals surface area contributed by atoms with Crippen LogP contribution >= 0.6 is 0 Å². The Morgan fingerprint density at radius 1 is 1.44 bits per heavy atom. The van der Waals surface area contributed by atoms with Crippen LogP contribution in [0.3, 0.4) is 0 Å². The monoisotopic (exact) mass is 224 g/mol. The molecule has 1 aromatic rings. The molecule has 0 aliphatic carbocycles. The molecule has 5 heteroatoms. The summed E-state index contributed by atoms with van der Waals surface area (Å²) >= 11 is 0. The van der Waals surface area contributed by atoms with Gasteiger partial charge in [0.2, 0.25) is 11.8 Å². The molecular weight excluding hydrogens is 204 g/mol. The summed E-state index contributed by atoms with van der Waals surface area (Å²) in [5.74, 6) is 1.27. The van der Waals surface area contributed by atoms with Gasteiger partial charge in [0.1, 0.15) is 0 Å². The molecule has 90 valence electrons. The molecule has 0 saturated heterocycles. The summed E-state index contributed by atoms with van der Waals surface area (Å²) in [6.07, 6.45) is 0. The highest BCUT2D eigenvalue weighted by Gasteiger charge is 2.14. The average Bonchev–Trinajstić information content (AvgIpc) is 2.24. The fourth-order valence-corrected chi connectivity index (χ4v) is 1.49. The first-order valence-electron chi connectivity index (χ1n) is 5.45.